The van der Waals surface area contributed by atoms with Gasteiger partial charge < -0.3 is 5.32 Å². The third kappa shape index (κ3) is 3.19. The van der Waals surface area contributed by atoms with Crippen molar-refractivity contribution < 1.29 is 4.79 Å². The van der Waals surface area contributed by atoms with Crippen LogP contribution in [0, 0.1) is 11.8 Å². The number of carbonyl (C=O) groups excluding carboxylic acids is 1. The number of carbonyl (C=O) groups is 1. The zero-order valence-corrected chi connectivity index (χ0v) is 14.1. The first-order valence-electron chi connectivity index (χ1n) is 8.69. The van der Waals surface area contributed by atoms with Crippen LogP contribution in [0.1, 0.15) is 49.5 Å². The fraction of sp³-hybridized carbons (Fsp3) is 0.632. The summed E-state index contributed by atoms with van der Waals surface area (Å²) in [6.45, 7) is 9.80. The Bertz CT molecular complexity index is 544. The van der Waals surface area contributed by atoms with Gasteiger partial charge in [0.25, 0.3) is 0 Å². The van der Waals surface area contributed by atoms with Crippen LogP contribution in [-0.2, 0) is 6.42 Å². The Hall–Kier alpha value is -1.35. The van der Waals surface area contributed by atoms with Crippen LogP contribution in [0.5, 0.6) is 0 Å². The first-order chi connectivity index (χ1) is 10.5. The van der Waals surface area contributed by atoms with E-state index < -0.39 is 0 Å². The van der Waals surface area contributed by atoms with Gasteiger partial charge in [0.15, 0.2) is 5.78 Å². The van der Waals surface area contributed by atoms with Crippen LogP contribution in [0.2, 0.25) is 0 Å². The van der Waals surface area contributed by atoms with Crippen LogP contribution in [0.25, 0.3) is 0 Å². The van der Waals surface area contributed by atoms with Crippen molar-refractivity contribution in [1.29, 1.82) is 0 Å². The summed E-state index contributed by atoms with van der Waals surface area (Å²) in [6.07, 6.45) is 3.51. The van der Waals surface area contributed by atoms with Crippen LogP contribution in [0.15, 0.2) is 18.2 Å². The molecule has 2 heterocycles. The Labute approximate surface area is 134 Å². The van der Waals surface area contributed by atoms with Crippen LogP contribution in [-0.4, -0.2) is 36.4 Å². The summed E-state index contributed by atoms with van der Waals surface area (Å²) in [6, 6.07) is 6.17. The van der Waals surface area contributed by atoms with Crippen molar-refractivity contribution in [2.75, 3.05) is 25.0 Å². The SMILES string of the molecule is CC1CC(C)CN(C(C)C(=O)c2ccc3c(c2)CCCN3)C1. The van der Waals surface area contributed by atoms with E-state index in [9.17, 15) is 4.79 Å². The van der Waals surface area contributed by atoms with Gasteiger partial charge in [0.1, 0.15) is 0 Å². The second-order valence-corrected chi connectivity index (χ2v) is 7.34. The molecule has 3 rings (SSSR count). The second-order valence-electron chi connectivity index (χ2n) is 7.34. The molecule has 1 saturated heterocycles. The van der Waals surface area contributed by atoms with E-state index in [1.165, 1.54) is 17.7 Å². The van der Waals surface area contributed by atoms with Gasteiger partial charge in [0, 0.05) is 30.9 Å². The molecule has 0 saturated carbocycles. The average molecular weight is 300 g/mol. The number of ketones is 1. The first kappa shape index (κ1) is 15.5. The number of anilines is 1. The number of piperidine rings is 1. The predicted octanol–water partition coefficient (Wildman–Crippen LogP) is 3.59. The molecule has 3 unspecified atom stereocenters. The van der Waals surface area contributed by atoms with E-state index in [1.807, 2.05) is 6.07 Å². The molecule has 0 aromatic heterocycles. The highest BCUT2D eigenvalue weighted by atomic mass is 16.1. The number of hydrogen-bond acceptors (Lipinski definition) is 3. The van der Waals surface area contributed by atoms with Gasteiger partial charge in [-0.2, -0.15) is 0 Å². The zero-order chi connectivity index (χ0) is 15.7. The molecule has 2 aliphatic rings. The van der Waals surface area contributed by atoms with Crippen LogP contribution in [0.4, 0.5) is 5.69 Å². The van der Waals surface area contributed by atoms with Crippen molar-refractivity contribution in [2.45, 2.75) is 46.1 Å². The Morgan fingerprint density at radius 1 is 1.27 bits per heavy atom. The van der Waals surface area contributed by atoms with E-state index in [-0.39, 0.29) is 11.8 Å². The van der Waals surface area contributed by atoms with E-state index in [0.717, 1.165) is 38.0 Å². The van der Waals surface area contributed by atoms with Gasteiger partial charge in [-0.25, -0.2) is 0 Å². The number of hydrogen-bond donors (Lipinski definition) is 1. The van der Waals surface area contributed by atoms with Gasteiger partial charge >= 0.3 is 0 Å². The number of likely N-dealkylation sites (tertiary alicyclic amines) is 1. The summed E-state index contributed by atoms with van der Waals surface area (Å²) in [7, 11) is 0. The molecule has 1 N–H and O–H groups in total. The highest BCUT2D eigenvalue weighted by Crippen LogP contribution is 2.26. The minimum absolute atomic E-state index is 0.0141. The molecule has 0 aliphatic carbocycles. The van der Waals surface area contributed by atoms with E-state index in [2.05, 4.69) is 43.1 Å². The molecule has 3 heteroatoms. The Morgan fingerprint density at radius 3 is 2.73 bits per heavy atom. The standard InChI is InChI=1S/C19H28N2O/c1-13-9-14(2)12-21(11-13)15(3)19(22)17-6-7-18-16(10-17)5-4-8-20-18/h6-7,10,13-15,20H,4-5,8-9,11-12H2,1-3H3. The van der Waals surface area contributed by atoms with Gasteiger partial charge in [-0.3, -0.25) is 9.69 Å². The lowest BCUT2D eigenvalue weighted by atomic mass is 9.89. The Balaban J connectivity index is 1.75. The molecule has 1 aromatic rings. The second kappa shape index (κ2) is 6.41. The third-order valence-electron chi connectivity index (χ3n) is 5.15. The van der Waals surface area contributed by atoms with E-state index in [4.69, 9.17) is 0 Å². The lowest BCUT2D eigenvalue weighted by molar-refractivity contribution is 0.0686. The maximum absolute atomic E-state index is 12.9. The number of aryl methyl sites for hydroxylation is 1. The highest BCUT2D eigenvalue weighted by Gasteiger charge is 2.29. The zero-order valence-electron chi connectivity index (χ0n) is 14.1. The smallest absolute Gasteiger partial charge is 0.179 e. The number of benzene rings is 1. The van der Waals surface area contributed by atoms with Crippen molar-refractivity contribution in [1.82, 2.24) is 4.90 Å². The summed E-state index contributed by atoms with van der Waals surface area (Å²) < 4.78 is 0. The maximum Gasteiger partial charge on any atom is 0.179 e. The lowest BCUT2D eigenvalue weighted by Crippen LogP contribution is -2.47. The highest BCUT2D eigenvalue weighted by molar-refractivity contribution is 6.00. The molecule has 0 amide bonds. The summed E-state index contributed by atoms with van der Waals surface area (Å²) in [5.74, 6) is 1.65. The fourth-order valence-corrected chi connectivity index (χ4v) is 4.06. The molecule has 2 aliphatic heterocycles. The van der Waals surface area contributed by atoms with Crippen LogP contribution < -0.4 is 5.32 Å². The van der Waals surface area contributed by atoms with Crippen molar-refractivity contribution in [2.24, 2.45) is 11.8 Å². The van der Waals surface area contributed by atoms with Crippen LogP contribution in [0.3, 0.4) is 0 Å². The van der Waals surface area contributed by atoms with Gasteiger partial charge in [0.2, 0.25) is 0 Å². The van der Waals surface area contributed by atoms with Gasteiger partial charge in [-0.15, -0.1) is 0 Å². The summed E-state index contributed by atoms with van der Waals surface area (Å²) >= 11 is 0. The molecule has 0 radical (unpaired) electrons. The molecule has 1 aromatic carbocycles. The Kier molecular flexibility index (Phi) is 4.53. The van der Waals surface area contributed by atoms with Crippen LogP contribution >= 0.6 is 0 Å². The molecular weight excluding hydrogens is 272 g/mol. The number of fused-ring (bicyclic) bond motifs is 1. The van der Waals surface area contributed by atoms with Gasteiger partial charge in [-0.05, 0) is 61.8 Å². The normalized spacial score (nSPS) is 26.9. The number of rotatable bonds is 3. The molecule has 0 bridgehead atoms. The fourth-order valence-electron chi connectivity index (χ4n) is 4.06. The largest absolute Gasteiger partial charge is 0.385 e. The summed E-state index contributed by atoms with van der Waals surface area (Å²) in [5, 5.41) is 3.41. The quantitative estimate of drug-likeness (QED) is 0.866. The van der Waals surface area contributed by atoms with Crippen molar-refractivity contribution >= 4 is 11.5 Å². The van der Waals surface area contributed by atoms with Crippen molar-refractivity contribution in [3.63, 3.8) is 0 Å². The maximum atomic E-state index is 12.9. The van der Waals surface area contributed by atoms with Gasteiger partial charge in [0.05, 0.1) is 6.04 Å². The minimum Gasteiger partial charge on any atom is -0.385 e. The number of Topliss-reactive ketones (excluding diaryl/α,β-unsaturated/α-hetero) is 1. The summed E-state index contributed by atoms with van der Waals surface area (Å²) in [4.78, 5) is 15.3. The molecule has 0 spiro atoms. The predicted molar refractivity (Wildman–Crippen MR) is 91.6 cm³/mol. The monoisotopic (exact) mass is 300 g/mol. The molecule has 3 nitrogen and oxygen atoms in total. The molecule has 120 valence electrons. The molecule has 1 fully saturated rings. The molecule has 3 atom stereocenters. The van der Waals surface area contributed by atoms with Crippen molar-refractivity contribution in [3.8, 4) is 0 Å². The topological polar surface area (TPSA) is 32.3 Å². The number of nitrogens with zero attached hydrogens (tertiary/aromatic N) is 1. The molecular formula is C19H28N2O. The third-order valence-corrected chi connectivity index (χ3v) is 5.15. The molecule has 22 heavy (non-hydrogen) atoms. The van der Waals surface area contributed by atoms with Crippen molar-refractivity contribution in [3.05, 3.63) is 29.3 Å². The lowest BCUT2D eigenvalue weighted by Gasteiger charge is -2.38. The first-order valence-corrected chi connectivity index (χ1v) is 8.69. The average Bonchev–Trinajstić information content (AvgIpc) is 2.52. The Morgan fingerprint density at radius 2 is 2.00 bits per heavy atom. The van der Waals surface area contributed by atoms with E-state index >= 15 is 0 Å². The number of nitrogens with one attached hydrogen (secondary N) is 1. The minimum atomic E-state index is -0.0141. The van der Waals surface area contributed by atoms with Gasteiger partial charge in [-0.1, -0.05) is 13.8 Å². The summed E-state index contributed by atoms with van der Waals surface area (Å²) in [5.41, 5.74) is 3.38. The van der Waals surface area contributed by atoms with E-state index in [1.54, 1.807) is 0 Å². The van der Waals surface area contributed by atoms with E-state index in [0.29, 0.717) is 11.8 Å².